The zero-order valence-corrected chi connectivity index (χ0v) is 12.9. The molecule has 0 atom stereocenters. The summed E-state index contributed by atoms with van der Waals surface area (Å²) >= 11 is 0. The zero-order valence-electron chi connectivity index (χ0n) is 12.9. The summed E-state index contributed by atoms with van der Waals surface area (Å²) in [6, 6.07) is 10.9. The van der Waals surface area contributed by atoms with Crippen molar-refractivity contribution in [3.05, 3.63) is 64.5 Å². The molecule has 2 rings (SSSR count). The molecule has 2 aromatic rings. The second-order valence-electron chi connectivity index (χ2n) is 5.20. The maximum atomic E-state index is 13.3. The van der Waals surface area contributed by atoms with E-state index in [9.17, 15) is 4.39 Å². The Kier molecular flexibility index (Phi) is 5.34. The van der Waals surface area contributed by atoms with Gasteiger partial charge in [-0.05, 0) is 49.2 Å². The normalized spacial score (nSPS) is 10.7. The standard InChI is InChI=1S/C18H22FNO/c1-4-20-11-15-7-5-6-14(3)18(15)21-12-16-10-17(19)9-8-13(16)2/h5-10,20H,4,11-12H2,1-3H3. The number of ether oxygens (including phenoxy) is 1. The quantitative estimate of drug-likeness (QED) is 0.862. The fourth-order valence-corrected chi connectivity index (χ4v) is 2.26. The summed E-state index contributed by atoms with van der Waals surface area (Å²) in [6.07, 6.45) is 0. The lowest BCUT2D eigenvalue weighted by molar-refractivity contribution is 0.298. The molecule has 0 radical (unpaired) electrons. The maximum Gasteiger partial charge on any atom is 0.127 e. The van der Waals surface area contributed by atoms with Crippen LogP contribution in [-0.2, 0) is 13.2 Å². The SMILES string of the molecule is CCNCc1cccc(C)c1OCc1cc(F)ccc1C. The number of benzene rings is 2. The summed E-state index contributed by atoms with van der Waals surface area (Å²) in [5, 5.41) is 3.31. The van der Waals surface area contributed by atoms with E-state index in [1.807, 2.05) is 26.0 Å². The molecule has 2 aromatic carbocycles. The summed E-state index contributed by atoms with van der Waals surface area (Å²) in [6.45, 7) is 8.14. The third kappa shape index (κ3) is 4.05. The van der Waals surface area contributed by atoms with Crippen LogP contribution in [0, 0.1) is 19.7 Å². The molecule has 0 aliphatic heterocycles. The van der Waals surface area contributed by atoms with Crippen LogP contribution in [0.1, 0.15) is 29.2 Å². The summed E-state index contributed by atoms with van der Waals surface area (Å²) in [7, 11) is 0. The third-order valence-corrected chi connectivity index (χ3v) is 3.54. The fourth-order valence-electron chi connectivity index (χ4n) is 2.26. The van der Waals surface area contributed by atoms with Crippen molar-refractivity contribution in [2.24, 2.45) is 0 Å². The topological polar surface area (TPSA) is 21.3 Å². The minimum atomic E-state index is -0.225. The van der Waals surface area contributed by atoms with E-state index in [0.29, 0.717) is 6.61 Å². The van der Waals surface area contributed by atoms with Gasteiger partial charge in [0.2, 0.25) is 0 Å². The van der Waals surface area contributed by atoms with Gasteiger partial charge < -0.3 is 10.1 Å². The van der Waals surface area contributed by atoms with Gasteiger partial charge in [-0.15, -0.1) is 0 Å². The Hall–Kier alpha value is -1.87. The van der Waals surface area contributed by atoms with Gasteiger partial charge in [0.15, 0.2) is 0 Å². The average Bonchev–Trinajstić information content (AvgIpc) is 2.47. The molecular weight excluding hydrogens is 265 g/mol. The molecule has 0 fully saturated rings. The number of nitrogens with one attached hydrogen (secondary N) is 1. The second-order valence-corrected chi connectivity index (χ2v) is 5.20. The summed E-state index contributed by atoms with van der Waals surface area (Å²) in [4.78, 5) is 0. The number of para-hydroxylation sites is 1. The molecular formula is C18H22FNO. The van der Waals surface area contributed by atoms with Crippen LogP contribution in [0.4, 0.5) is 4.39 Å². The minimum Gasteiger partial charge on any atom is -0.488 e. The van der Waals surface area contributed by atoms with E-state index in [4.69, 9.17) is 4.74 Å². The van der Waals surface area contributed by atoms with E-state index in [0.717, 1.165) is 41.1 Å². The first-order valence-electron chi connectivity index (χ1n) is 7.29. The Bertz CT molecular complexity index is 610. The molecule has 0 bridgehead atoms. The van der Waals surface area contributed by atoms with E-state index >= 15 is 0 Å². The Morgan fingerprint density at radius 1 is 1.05 bits per heavy atom. The largest absolute Gasteiger partial charge is 0.488 e. The third-order valence-electron chi connectivity index (χ3n) is 3.54. The molecule has 1 N–H and O–H groups in total. The van der Waals surface area contributed by atoms with Crippen molar-refractivity contribution in [3.63, 3.8) is 0 Å². The molecule has 112 valence electrons. The predicted molar refractivity (Wildman–Crippen MR) is 84.0 cm³/mol. The van der Waals surface area contributed by atoms with Gasteiger partial charge in [0.1, 0.15) is 18.2 Å². The number of rotatable bonds is 6. The molecule has 21 heavy (non-hydrogen) atoms. The monoisotopic (exact) mass is 287 g/mol. The molecule has 0 amide bonds. The molecule has 0 saturated heterocycles. The van der Waals surface area contributed by atoms with Crippen LogP contribution in [-0.4, -0.2) is 6.54 Å². The first-order chi connectivity index (χ1) is 10.1. The highest BCUT2D eigenvalue weighted by atomic mass is 19.1. The lowest BCUT2D eigenvalue weighted by Gasteiger charge is -2.15. The van der Waals surface area contributed by atoms with E-state index in [1.54, 1.807) is 6.07 Å². The summed E-state index contributed by atoms with van der Waals surface area (Å²) in [5.74, 6) is 0.666. The van der Waals surface area contributed by atoms with Crippen LogP contribution in [0.3, 0.4) is 0 Å². The van der Waals surface area contributed by atoms with Gasteiger partial charge in [-0.2, -0.15) is 0 Å². The Morgan fingerprint density at radius 2 is 1.86 bits per heavy atom. The average molecular weight is 287 g/mol. The lowest BCUT2D eigenvalue weighted by Crippen LogP contribution is -2.13. The highest BCUT2D eigenvalue weighted by molar-refractivity contribution is 5.41. The van der Waals surface area contributed by atoms with Gasteiger partial charge in [-0.1, -0.05) is 31.2 Å². The van der Waals surface area contributed by atoms with Gasteiger partial charge in [0.25, 0.3) is 0 Å². The molecule has 0 aliphatic carbocycles. The number of hydrogen-bond donors (Lipinski definition) is 1. The predicted octanol–water partition coefficient (Wildman–Crippen LogP) is 4.13. The summed E-state index contributed by atoms with van der Waals surface area (Å²) < 4.78 is 19.3. The number of hydrogen-bond acceptors (Lipinski definition) is 2. The Morgan fingerprint density at radius 3 is 2.62 bits per heavy atom. The fraction of sp³-hybridized carbons (Fsp3) is 0.333. The number of aryl methyl sites for hydroxylation is 2. The van der Waals surface area contributed by atoms with Crippen LogP contribution in [0.5, 0.6) is 5.75 Å². The summed E-state index contributed by atoms with van der Waals surface area (Å²) in [5.41, 5.74) is 4.15. The van der Waals surface area contributed by atoms with Crippen molar-refractivity contribution in [1.29, 1.82) is 0 Å². The number of halogens is 1. The van der Waals surface area contributed by atoms with Crippen LogP contribution in [0.2, 0.25) is 0 Å². The molecule has 0 saturated carbocycles. The first kappa shape index (κ1) is 15.5. The molecule has 3 heteroatoms. The molecule has 0 aliphatic rings. The first-order valence-corrected chi connectivity index (χ1v) is 7.29. The van der Waals surface area contributed by atoms with Crippen LogP contribution < -0.4 is 10.1 Å². The van der Waals surface area contributed by atoms with E-state index in [-0.39, 0.29) is 5.82 Å². The van der Waals surface area contributed by atoms with Gasteiger partial charge in [0.05, 0.1) is 0 Å². The lowest BCUT2D eigenvalue weighted by atomic mass is 10.1. The smallest absolute Gasteiger partial charge is 0.127 e. The highest BCUT2D eigenvalue weighted by Crippen LogP contribution is 2.25. The second kappa shape index (κ2) is 7.23. The Balaban J connectivity index is 2.17. The Labute approximate surface area is 126 Å². The van der Waals surface area contributed by atoms with Crippen LogP contribution >= 0.6 is 0 Å². The van der Waals surface area contributed by atoms with Crippen molar-refractivity contribution in [2.75, 3.05) is 6.54 Å². The van der Waals surface area contributed by atoms with E-state index in [1.165, 1.54) is 12.1 Å². The van der Waals surface area contributed by atoms with Gasteiger partial charge in [-0.3, -0.25) is 0 Å². The van der Waals surface area contributed by atoms with Gasteiger partial charge >= 0.3 is 0 Å². The maximum absolute atomic E-state index is 13.3. The van der Waals surface area contributed by atoms with Gasteiger partial charge in [0, 0.05) is 12.1 Å². The molecule has 0 unspecified atom stereocenters. The van der Waals surface area contributed by atoms with Crippen molar-refractivity contribution in [2.45, 2.75) is 33.9 Å². The van der Waals surface area contributed by atoms with Crippen LogP contribution in [0.25, 0.3) is 0 Å². The van der Waals surface area contributed by atoms with Crippen molar-refractivity contribution >= 4 is 0 Å². The molecule has 0 heterocycles. The van der Waals surface area contributed by atoms with Crippen molar-refractivity contribution in [3.8, 4) is 5.75 Å². The van der Waals surface area contributed by atoms with E-state index in [2.05, 4.69) is 18.3 Å². The molecule has 2 nitrogen and oxygen atoms in total. The zero-order chi connectivity index (χ0) is 15.2. The van der Waals surface area contributed by atoms with E-state index < -0.39 is 0 Å². The van der Waals surface area contributed by atoms with Crippen LogP contribution in [0.15, 0.2) is 36.4 Å². The van der Waals surface area contributed by atoms with Crippen molar-refractivity contribution < 1.29 is 9.13 Å². The van der Waals surface area contributed by atoms with Gasteiger partial charge in [-0.25, -0.2) is 4.39 Å². The molecule has 0 spiro atoms. The minimum absolute atomic E-state index is 0.225. The highest BCUT2D eigenvalue weighted by Gasteiger charge is 2.08. The van der Waals surface area contributed by atoms with Crippen molar-refractivity contribution in [1.82, 2.24) is 5.32 Å². The molecule has 0 aromatic heterocycles.